The van der Waals surface area contributed by atoms with Crippen LogP contribution in [0.5, 0.6) is 0 Å². The molecule has 0 aromatic rings. The van der Waals surface area contributed by atoms with Crippen molar-refractivity contribution in [1.82, 2.24) is 26.6 Å². The smallest absolute Gasteiger partial charge is 0.217 e. The van der Waals surface area contributed by atoms with Gasteiger partial charge < -0.3 is 304 Å². The van der Waals surface area contributed by atoms with E-state index in [1.807, 2.05) is 0 Å². The zero-order valence-corrected chi connectivity index (χ0v) is 79.3. The van der Waals surface area contributed by atoms with Gasteiger partial charge in [-0.1, -0.05) is 0 Å². The minimum atomic E-state index is -2.76. The maximum absolute atomic E-state index is 13.5. The minimum absolute atomic E-state index is 0.855. The van der Waals surface area contributed by atoms with Gasteiger partial charge in [0.2, 0.25) is 29.5 Å². The van der Waals surface area contributed by atoms with E-state index in [9.17, 15) is 192 Å². The summed E-state index contributed by atoms with van der Waals surface area (Å²) in [6.45, 7) is -9.77. The quantitative estimate of drug-likeness (QED) is 0.0272. The SMILES string of the molecule is CC(=O)N[C@H]1[C@H](OC[C@H]2O[C@H](OC[C@H]3O[C@@H](O[C@H]4[C@H](O)[C@@H](NC(C)=O)C(O)O[C@@H]4CO)[C@@H](O)[C@@H](O[C@H]4O[C@H](CO)[C@@H](O[C@@H]5O[C@H](CO)[C@@H](O[C@@H]6O[C@H](CO)[C@H](O)[C@H](O)[C@H]6O)[C@H](O)[C@H]5NC(C)=O)[C@H](O)[C@@H]4O[C@@H]4O[C@H](CO)[C@@H](O[C@@H]5O[C@H](CO)[C@H](O)[C@H](O)[C@H]5O)[C@H](O)[C@H]4NC(C)=O)[C@@H]3O)[C@@H](O[C@H]3O[C@H](CO)[C@@H](O[C@@H]4O[C@H](CO)[C@H](O)[C@H](O)[C@H]4O)[C@H](O)[C@H]3NC(C)=O)[C@@H](O)[C@@H]2O)O[C@H](CO)[C@@H](O[C@@H]2O[C@H](CO)[C@H](O)[C@H](O)[C@H]2O)[C@@H]1O. The molecule has 0 aromatic heterocycles. The minimum Gasteiger partial charge on any atom is -0.394 e. The molecule has 12 saturated heterocycles. The first-order valence-corrected chi connectivity index (χ1v) is 47.2. The molecular weight excluding hydrogens is 2030 g/mol. The second-order valence-corrected chi connectivity index (χ2v) is 37.4. The summed E-state index contributed by atoms with van der Waals surface area (Å²) in [6, 6.07) is -10.1. The summed E-state index contributed by atoms with van der Waals surface area (Å²) in [5.41, 5.74) is 0. The van der Waals surface area contributed by atoms with Crippen LogP contribution in [0.2, 0.25) is 0 Å². The van der Waals surface area contributed by atoms with Crippen LogP contribution in [0.1, 0.15) is 34.6 Å². The Hall–Kier alpha value is -4.89. The summed E-state index contributed by atoms with van der Waals surface area (Å²) in [6.07, 6.45) is -121. The molecule has 12 aliphatic heterocycles. The van der Waals surface area contributed by atoms with Crippen LogP contribution in [-0.4, -0.2) is 645 Å². The highest BCUT2D eigenvalue weighted by Crippen LogP contribution is 2.43. The van der Waals surface area contributed by atoms with Gasteiger partial charge in [0.1, 0.15) is 293 Å². The topological polar surface area (TPSA) is 1030 Å². The van der Waals surface area contributed by atoms with Gasteiger partial charge in [0.25, 0.3) is 0 Å². The molecular formula is C82H137N5O61. The van der Waals surface area contributed by atoms with Gasteiger partial charge >= 0.3 is 0 Å². The number of amides is 5. The summed E-state index contributed by atoms with van der Waals surface area (Å²) in [5, 5.41) is 384. The van der Waals surface area contributed by atoms with Crippen LogP contribution in [-0.2, 0) is 133 Å². The van der Waals surface area contributed by atoms with Crippen molar-refractivity contribution in [3.8, 4) is 0 Å². The predicted octanol–water partition coefficient (Wildman–Crippen LogP) is -26.4. The number of carbonyl (C=O) groups excluding carboxylic acids is 5. The van der Waals surface area contributed by atoms with E-state index < -0.39 is 477 Å². The maximum atomic E-state index is 13.5. The molecule has 66 heteroatoms. The molecule has 0 spiro atoms. The number of aliphatic hydroxyl groups is 33. The molecule has 0 bridgehead atoms. The average molecular weight is 2170 g/mol. The highest BCUT2D eigenvalue weighted by molar-refractivity contribution is 5.75. The van der Waals surface area contributed by atoms with Gasteiger partial charge in [-0.25, -0.2) is 0 Å². The molecule has 38 N–H and O–H groups in total. The number of nitrogens with one attached hydrogen (secondary N) is 5. The van der Waals surface area contributed by atoms with Gasteiger partial charge in [0.15, 0.2) is 75.5 Å². The molecule has 0 aromatic carbocycles. The zero-order chi connectivity index (χ0) is 109. The first kappa shape index (κ1) is 122. The van der Waals surface area contributed by atoms with Crippen LogP contribution in [0.4, 0.5) is 0 Å². The van der Waals surface area contributed by atoms with E-state index in [4.69, 9.17) is 109 Å². The molecule has 5 amide bonds. The molecule has 12 fully saturated rings. The van der Waals surface area contributed by atoms with Crippen molar-refractivity contribution in [2.45, 2.75) is 403 Å². The van der Waals surface area contributed by atoms with Crippen LogP contribution < -0.4 is 26.6 Å². The first-order chi connectivity index (χ1) is 70.1. The predicted molar refractivity (Wildman–Crippen MR) is 453 cm³/mol. The van der Waals surface area contributed by atoms with E-state index in [1.54, 1.807) is 0 Å². The molecule has 0 aliphatic carbocycles. The standard InChI is InChI=1S/C82H137N5O61/c1-18(98)83-35-46(109)62(27(10-92)128-71(35)125)145-80-61(124)68(146-82-70(148-75-39(87-22(5)102)50(113)66(31(14-96)136-75)144-79-59(122)54(117)43(106)26(9-91)132-79)60(123)67(32(15-97)137-82)140-73-37(85-20(3)100)48(111)64(29(12-94)134-73)142-77-57(120)52(115)41(104)24(7-89)130-77)45(108)34(138-80)17-127-81-69(147-74-38(86-21(4)101)49(112)65(30(13-95)135-74)143-78-58(121)53(116)42(105)25(8-90)131-78)55(118)44(107)33(139-81)16-126-72-36(84-19(2)99)47(110)63(28(11-93)133-72)141-76-56(119)51(114)40(103)23(6-88)129-76/h23-82,88-97,103-125H,6-17H2,1-5H3,(H,83,98)(H,84,99)(H,85,100)(H,86,101)(H,87,102)/t23-,24-,25-,26-,27-,28-,29-,30-,31-,32-,33-,34-,35-,36-,37-,38-,39-,40+,41+,42+,43+,44-,45-,46-,47-,48-,49-,50-,51+,52+,53+,54+,55+,56-,57-,58-,59-,60+,61+,62-,63-,64-,65-,66-,67-,68+,69+,70+,71?,72-,73+,74-,75+,76+,77+,78+,79+,80+,81+,82-/m1/s1. The Morgan fingerprint density at radius 3 is 0.689 bits per heavy atom. The highest BCUT2D eigenvalue weighted by atomic mass is 16.8. The molecule has 12 heterocycles. The van der Waals surface area contributed by atoms with Gasteiger partial charge in [-0.15, -0.1) is 0 Å². The number of aliphatic hydroxyl groups excluding tert-OH is 33. The van der Waals surface area contributed by atoms with Gasteiger partial charge in [-0.3, -0.25) is 24.0 Å². The Bertz CT molecular complexity index is 4130. The van der Waals surface area contributed by atoms with Crippen LogP contribution in [0.3, 0.4) is 0 Å². The van der Waals surface area contributed by atoms with Crippen LogP contribution in [0.25, 0.3) is 0 Å². The zero-order valence-electron chi connectivity index (χ0n) is 79.3. The lowest BCUT2D eigenvalue weighted by molar-refractivity contribution is -0.406. The number of rotatable bonds is 39. The Morgan fingerprint density at radius 1 is 0.176 bits per heavy atom. The highest BCUT2D eigenvalue weighted by Gasteiger charge is 2.64. The lowest BCUT2D eigenvalue weighted by Crippen LogP contribution is -2.71. The normalized spacial score (nSPS) is 49.3. The molecule has 148 heavy (non-hydrogen) atoms. The second-order valence-electron chi connectivity index (χ2n) is 37.4. The molecule has 1 unspecified atom stereocenters. The summed E-state index contributed by atoms with van der Waals surface area (Å²) >= 11 is 0. The summed E-state index contributed by atoms with van der Waals surface area (Å²) in [7, 11) is 0. The molecule has 60 atom stereocenters. The summed E-state index contributed by atoms with van der Waals surface area (Å²) < 4.78 is 138. The van der Waals surface area contributed by atoms with E-state index in [-0.39, 0.29) is 0 Å². The second kappa shape index (κ2) is 53.4. The van der Waals surface area contributed by atoms with E-state index in [1.165, 1.54) is 0 Å². The van der Waals surface area contributed by atoms with Gasteiger partial charge in [0, 0.05) is 34.6 Å². The van der Waals surface area contributed by atoms with Crippen molar-refractivity contribution >= 4 is 29.5 Å². The molecule has 856 valence electrons. The van der Waals surface area contributed by atoms with E-state index in [2.05, 4.69) is 26.6 Å². The van der Waals surface area contributed by atoms with Crippen LogP contribution >= 0.6 is 0 Å². The third-order valence-corrected chi connectivity index (χ3v) is 27.1. The third kappa shape index (κ3) is 26.9. The van der Waals surface area contributed by atoms with Crippen molar-refractivity contribution in [1.29, 1.82) is 0 Å². The Morgan fingerprint density at radius 2 is 0.378 bits per heavy atom. The number of hydrogen-bond donors (Lipinski definition) is 38. The first-order valence-electron chi connectivity index (χ1n) is 47.2. The lowest BCUT2D eigenvalue weighted by Gasteiger charge is -2.52. The van der Waals surface area contributed by atoms with Crippen LogP contribution in [0.15, 0.2) is 0 Å². The fraction of sp³-hybridized carbons (Fsp3) is 0.939. The lowest BCUT2D eigenvalue weighted by atomic mass is 9.93. The van der Waals surface area contributed by atoms with Crippen molar-refractivity contribution in [2.75, 3.05) is 79.3 Å². The third-order valence-electron chi connectivity index (χ3n) is 27.1. The fourth-order valence-electron chi connectivity index (χ4n) is 19.2. The molecule has 66 nitrogen and oxygen atoms in total. The van der Waals surface area contributed by atoms with Crippen LogP contribution in [0, 0.1) is 0 Å². The largest absolute Gasteiger partial charge is 0.394 e. The Balaban J connectivity index is 0.931. The monoisotopic (exact) mass is 2170 g/mol. The van der Waals surface area contributed by atoms with Gasteiger partial charge in [-0.05, 0) is 0 Å². The van der Waals surface area contributed by atoms with E-state index in [0.29, 0.717) is 0 Å². The van der Waals surface area contributed by atoms with Crippen molar-refractivity contribution in [2.24, 2.45) is 0 Å². The van der Waals surface area contributed by atoms with E-state index >= 15 is 0 Å². The average Bonchev–Trinajstić information content (AvgIpc) is 0.758. The van der Waals surface area contributed by atoms with Crippen molar-refractivity contribution < 1.29 is 301 Å². The Kier molecular flexibility index (Phi) is 43.9. The number of ether oxygens (including phenoxy) is 23. The van der Waals surface area contributed by atoms with E-state index in [0.717, 1.165) is 34.6 Å². The van der Waals surface area contributed by atoms with Gasteiger partial charge in [0.05, 0.1) is 79.3 Å². The molecule has 0 saturated carbocycles. The molecule has 0 radical (unpaired) electrons. The van der Waals surface area contributed by atoms with Gasteiger partial charge in [-0.2, -0.15) is 0 Å². The summed E-state index contributed by atoms with van der Waals surface area (Å²) in [4.78, 5) is 65.7. The fourth-order valence-corrected chi connectivity index (χ4v) is 19.2. The summed E-state index contributed by atoms with van der Waals surface area (Å²) in [5.74, 6) is -5.06. The molecule has 12 rings (SSSR count). The maximum Gasteiger partial charge on any atom is 0.217 e. The number of carbonyl (C=O) groups is 5. The Labute approximate surface area is 837 Å². The van der Waals surface area contributed by atoms with Crippen molar-refractivity contribution in [3.05, 3.63) is 0 Å². The number of hydrogen-bond acceptors (Lipinski definition) is 61. The van der Waals surface area contributed by atoms with Crippen molar-refractivity contribution in [3.63, 3.8) is 0 Å². The molecule has 12 aliphatic rings.